The van der Waals surface area contributed by atoms with Gasteiger partial charge in [0.05, 0.1) is 0 Å². The van der Waals surface area contributed by atoms with Gasteiger partial charge in [0.1, 0.15) is 11.6 Å². The third-order valence-electron chi connectivity index (χ3n) is 5.18. The van der Waals surface area contributed by atoms with Crippen molar-refractivity contribution in [2.75, 3.05) is 0 Å². The van der Waals surface area contributed by atoms with Crippen LogP contribution in [0.15, 0.2) is 94.7 Å². The summed E-state index contributed by atoms with van der Waals surface area (Å²) >= 11 is 23.8. The Hall–Kier alpha value is -2.15. The summed E-state index contributed by atoms with van der Waals surface area (Å²) in [5, 5.41) is 9.75. The zero-order valence-corrected chi connectivity index (χ0v) is 21.9. The molecule has 0 aliphatic heterocycles. The van der Waals surface area contributed by atoms with Gasteiger partial charge in [-0.05, 0) is 35.4 Å². The maximum absolute atomic E-state index is 15.2. The summed E-state index contributed by atoms with van der Waals surface area (Å²) in [4.78, 5) is 0.893. The Morgan fingerprint density at radius 1 is 0.571 bits per heavy atom. The molecule has 4 rings (SSSR count). The average molecular weight is 588 g/mol. The van der Waals surface area contributed by atoms with Gasteiger partial charge < -0.3 is 35.9 Å². The van der Waals surface area contributed by atoms with Gasteiger partial charge >= 0.3 is 0 Å². The molecule has 184 valence electrons. The maximum Gasteiger partial charge on any atom is 0.126 e. The van der Waals surface area contributed by atoms with Gasteiger partial charge in [-0.25, -0.2) is 8.78 Å². The summed E-state index contributed by atoms with van der Waals surface area (Å²) in [7, 11) is 0. The number of para-hydroxylation sites is 2. The van der Waals surface area contributed by atoms with Gasteiger partial charge in [0, 0.05) is 26.5 Å². The first kappa shape index (κ1) is 27.4. The van der Waals surface area contributed by atoms with Crippen LogP contribution in [0.25, 0.3) is 10.6 Å². The van der Waals surface area contributed by atoms with Gasteiger partial charge in [-0.15, -0.1) is 0 Å². The topological polar surface area (TPSA) is 28.2 Å². The fourth-order valence-electron chi connectivity index (χ4n) is 3.60. The fourth-order valence-corrected chi connectivity index (χ4v) is 4.55. The molecule has 4 aromatic rings. The van der Waals surface area contributed by atoms with Crippen LogP contribution in [0.1, 0.15) is 23.2 Å². The van der Waals surface area contributed by atoms with E-state index in [-0.39, 0.29) is 37.7 Å². The van der Waals surface area contributed by atoms with Gasteiger partial charge in [0.25, 0.3) is 0 Å². The number of rotatable bonds is 7. The molecule has 0 spiro atoms. The number of hydrogen-bond donors (Lipinski definition) is 0. The minimum Gasteiger partial charge on any atom is -0.781 e. The summed E-state index contributed by atoms with van der Waals surface area (Å²) in [6.45, 7) is 0. The summed E-state index contributed by atoms with van der Waals surface area (Å²) in [6, 6.07) is 20.3. The van der Waals surface area contributed by atoms with Crippen molar-refractivity contribution in [3.63, 3.8) is 0 Å². The number of nitrogens with zero attached hydrogens (tertiary/aromatic N) is 2. The molecule has 35 heavy (non-hydrogen) atoms. The van der Waals surface area contributed by atoms with Crippen LogP contribution in [0.5, 0.6) is 0 Å². The molecule has 0 N–H and O–H groups in total. The molecule has 0 aromatic heterocycles. The molecule has 0 fully saturated rings. The van der Waals surface area contributed by atoms with Gasteiger partial charge in [0.2, 0.25) is 0 Å². The largest absolute Gasteiger partial charge is 0.781 e. The van der Waals surface area contributed by atoms with E-state index in [0.29, 0.717) is 21.2 Å². The second kappa shape index (κ2) is 12.2. The Bertz CT molecular complexity index is 1180. The SMILES string of the molecule is Fc1cccc(Cl)c1C([N-]c1ccccc1[S-])C([N-]c1ccccc1[S-])c1c(F)cccc1Cl.[Ni]. The molecule has 0 saturated carbocycles. The zero-order valence-electron chi connectivity index (χ0n) is 17.8. The quantitative estimate of drug-likeness (QED) is 0.159. The van der Waals surface area contributed by atoms with Crippen molar-refractivity contribution in [2.45, 2.75) is 21.9 Å². The van der Waals surface area contributed by atoms with E-state index in [9.17, 15) is 0 Å². The van der Waals surface area contributed by atoms with E-state index in [2.05, 4.69) is 0 Å². The molecule has 0 saturated heterocycles. The van der Waals surface area contributed by atoms with Crippen LogP contribution in [0.3, 0.4) is 0 Å². The molecule has 2 atom stereocenters. The minimum atomic E-state index is -1.10. The molecule has 0 bridgehead atoms. The van der Waals surface area contributed by atoms with Gasteiger partial charge in [0.15, 0.2) is 0 Å². The molecule has 0 heterocycles. The Labute approximate surface area is 234 Å². The smallest absolute Gasteiger partial charge is 0.126 e. The summed E-state index contributed by atoms with van der Waals surface area (Å²) in [5.41, 5.74) is 0.942. The Kier molecular flexibility index (Phi) is 9.57. The van der Waals surface area contributed by atoms with Crippen LogP contribution in [0, 0.1) is 11.6 Å². The third kappa shape index (κ3) is 6.17. The fraction of sp³-hybridized carbons (Fsp3) is 0.0769. The first-order valence-electron chi connectivity index (χ1n) is 10.2. The van der Waals surface area contributed by atoms with Crippen LogP contribution in [-0.4, -0.2) is 0 Å². The van der Waals surface area contributed by atoms with Gasteiger partial charge in [-0.2, -0.15) is 21.2 Å². The maximum atomic E-state index is 15.2. The zero-order chi connectivity index (χ0) is 24.2. The summed E-state index contributed by atoms with van der Waals surface area (Å²) in [6.07, 6.45) is 0. The second-order valence-corrected chi connectivity index (χ2v) is 9.05. The number of benzene rings is 4. The van der Waals surface area contributed by atoms with Crippen molar-refractivity contribution < 1.29 is 25.3 Å². The van der Waals surface area contributed by atoms with Crippen LogP contribution >= 0.6 is 23.2 Å². The Morgan fingerprint density at radius 2 is 0.943 bits per heavy atom. The second-order valence-electron chi connectivity index (χ2n) is 7.35. The molecule has 0 aliphatic rings. The molecule has 9 heteroatoms. The van der Waals surface area contributed by atoms with Gasteiger partial charge in [-0.1, -0.05) is 95.9 Å². The van der Waals surface area contributed by atoms with E-state index in [1.54, 1.807) is 60.7 Å². The number of halogens is 4. The van der Waals surface area contributed by atoms with E-state index in [4.69, 9.17) is 59.1 Å². The van der Waals surface area contributed by atoms with Crippen molar-refractivity contribution >= 4 is 59.8 Å². The standard InChI is InChI=1S/C26H18Cl2F2N2S2.Ni/c27-15-7-5-9-17(29)23(15)25(31-19-11-1-3-13-21(19)33)26(24-16(28)8-6-10-18(24)30)32-20-12-2-4-14-22(20)34;/h1-14,25-26,33-34H;/q-2;/p-2. The molecule has 2 nitrogen and oxygen atoms in total. The first-order chi connectivity index (χ1) is 16.4. The van der Waals surface area contributed by atoms with Gasteiger partial charge in [-0.3, -0.25) is 0 Å². The van der Waals surface area contributed by atoms with E-state index >= 15 is 8.78 Å². The molecule has 4 aromatic carbocycles. The Morgan fingerprint density at radius 3 is 1.29 bits per heavy atom. The van der Waals surface area contributed by atoms with Crippen molar-refractivity contribution in [3.8, 4) is 0 Å². The van der Waals surface area contributed by atoms with Crippen LogP contribution in [0.4, 0.5) is 20.2 Å². The predicted molar refractivity (Wildman–Crippen MR) is 138 cm³/mol. The molecule has 0 radical (unpaired) electrons. The third-order valence-corrected chi connectivity index (χ3v) is 6.53. The van der Waals surface area contributed by atoms with Crippen LogP contribution < -0.4 is 0 Å². The molecule has 0 amide bonds. The van der Waals surface area contributed by atoms with E-state index in [1.807, 2.05) is 0 Å². The van der Waals surface area contributed by atoms with E-state index < -0.39 is 23.7 Å². The van der Waals surface area contributed by atoms with Crippen molar-refractivity contribution in [1.82, 2.24) is 0 Å². The summed E-state index contributed by atoms with van der Waals surface area (Å²) in [5.74, 6) is -1.22. The van der Waals surface area contributed by atoms with Crippen LogP contribution in [-0.2, 0) is 41.7 Å². The first-order valence-corrected chi connectivity index (χ1v) is 11.8. The normalized spacial score (nSPS) is 12.3. The average Bonchev–Trinajstić information content (AvgIpc) is 2.80. The predicted octanol–water partition coefficient (Wildman–Crippen LogP) is 9.27. The number of hydrogen-bond acceptors (Lipinski definition) is 2. The molecular weight excluding hydrogens is 572 g/mol. The molecule has 2 unspecified atom stereocenters. The van der Waals surface area contributed by atoms with E-state index in [0.717, 1.165) is 0 Å². The molecular formula is C26H16Cl2F2N2NiS2-4. The van der Waals surface area contributed by atoms with Crippen molar-refractivity contribution in [3.05, 3.63) is 128 Å². The van der Waals surface area contributed by atoms with Crippen LogP contribution in [0.2, 0.25) is 10.0 Å². The van der Waals surface area contributed by atoms with E-state index in [1.165, 1.54) is 24.3 Å². The van der Waals surface area contributed by atoms with Crippen molar-refractivity contribution in [2.24, 2.45) is 0 Å². The molecule has 0 aliphatic carbocycles. The summed E-state index contributed by atoms with van der Waals surface area (Å²) < 4.78 is 30.5. The Balaban J connectivity index is 0.00000342. The van der Waals surface area contributed by atoms with Crippen molar-refractivity contribution in [1.29, 1.82) is 0 Å². The monoisotopic (exact) mass is 586 g/mol. The minimum absolute atomic E-state index is 0.